The Bertz CT molecular complexity index is 742. The summed E-state index contributed by atoms with van der Waals surface area (Å²) in [6.45, 7) is 4.02. The largest absolute Gasteiger partial charge is 0.435 e. The molecule has 5 heteroatoms. The van der Waals surface area contributed by atoms with Crippen LogP contribution in [0.15, 0.2) is 36.4 Å². The van der Waals surface area contributed by atoms with E-state index in [4.69, 9.17) is 5.41 Å². The lowest BCUT2D eigenvalue weighted by Crippen LogP contribution is -2.27. The second-order valence-electron chi connectivity index (χ2n) is 6.16. The molecule has 0 radical (unpaired) electrons. The van der Waals surface area contributed by atoms with Crippen molar-refractivity contribution in [3.05, 3.63) is 64.2 Å². The van der Waals surface area contributed by atoms with Crippen LogP contribution in [-0.2, 0) is 6.42 Å². The molecule has 2 aromatic rings. The van der Waals surface area contributed by atoms with E-state index in [0.29, 0.717) is 12.3 Å². The Hall–Kier alpha value is -2.43. The quantitative estimate of drug-likeness (QED) is 0.604. The molecular weight excluding hydrogens is 322 g/mol. The number of halogens is 2. The van der Waals surface area contributed by atoms with Gasteiger partial charge in [0.05, 0.1) is 0 Å². The lowest BCUT2D eigenvalue weighted by molar-refractivity contribution is -0.0498. The van der Waals surface area contributed by atoms with Gasteiger partial charge in [-0.15, -0.1) is 0 Å². The van der Waals surface area contributed by atoms with Gasteiger partial charge in [-0.25, -0.2) is 0 Å². The van der Waals surface area contributed by atoms with E-state index in [9.17, 15) is 8.78 Å². The minimum absolute atomic E-state index is 0.159. The first kappa shape index (κ1) is 18.9. The molecule has 0 heterocycles. The van der Waals surface area contributed by atoms with Gasteiger partial charge in [0.15, 0.2) is 0 Å². The van der Waals surface area contributed by atoms with Crippen molar-refractivity contribution in [3.8, 4) is 5.75 Å². The monoisotopic (exact) mass is 346 g/mol. The summed E-state index contributed by atoms with van der Waals surface area (Å²) in [6.07, 6.45) is 0.679. The highest BCUT2D eigenvalue weighted by molar-refractivity contribution is 5.98. The van der Waals surface area contributed by atoms with E-state index < -0.39 is 6.61 Å². The number of alkyl halides is 2. The van der Waals surface area contributed by atoms with E-state index in [1.165, 1.54) is 0 Å². The van der Waals surface area contributed by atoms with Gasteiger partial charge in [-0.05, 0) is 62.1 Å². The highest BCUT2D eigenvalue weighted by Gasteiger charge is 2.13. The second-order valence-corrected chi connectivity index (χ2v) is 6.16. The van der Waals surface area contributed by atoms with Crippen LogP contribution in [-0.4, -0.2) is 30.9 Å². The molecule has 0 aliphatic carbocycles. The number of hydrogen-bond acceptors (Lipinski definition) is 2. The third-order valence-corrected chi connectivity index (χ3v) is 4.31. The summed E-state index contributed by atoms with van der Waals surface area (Å²) in [6, 6.07) is 10.8. The Balaban J connectivity index is 2.27. The molecule has 0 spiro atoms. The van der Waals surface area contributed by atoms with Crippen molar-refractivity contribution in [1.82, 2.24) is 4.90 Å². The average molecular weight is 346 g/mol. The van der Waals surface area contributed by atoms with Crippen molar-refractivity contribution in [1.29, 1.82) is 5.41 Å². The van der Waals surface area contributed by atoms with Crippen LogP contribution in [0.4, 0.5) is 8.78 Å². The van der Waals surface area contributed by atoms with Gasteiger partial charge in [-0.2, -0.15) is 8.78 Å². The van der Waals surface area contributed by atoms with Gasteiger partial charge >= 0.3 is 6.61 Å². The second kappa shape index (κ2) is 8.10. The van der Waals surface area contributed by atoms with E-state index in [1.807, 2.05) is 38.8 Å². The predicted molar refractivity (Wildman–Crippen MR) is 96.9 cm³/mol. The minimum atomic E-state index is -2.81. The standard InChI is InChI=1S/C20H24F2N2O/c1-5-24(4)19(23)18-11-13(2)10-16(14(18)3)12-15-6-8-17(9-7-15)25-20(21)22/h6-11,20,23H,5,12H2,1-4H3. The van der Waals surface area contributed by atoms with Crippen molar-refractivity contribution >= 4 is 5.84 Å². The first-order valence-corrected chi connectivity index (χ1v) is 8.25. The van der Waals surface area contributed by atoms with E-state index in [-0.39, 0.29) is 5.75 Å². The molecule has 0 aliphatic rings. The molecule has 0 amide bonds. The van der Waals surface area contributed by atoms with Crippen LogP contribution in [0.25, 0.3) is 0 Å². The molecule has 134 valence electrons. The molecule has 0 bridgehead atoms. The van der Waals surface area contributed by atoms with Gasteiger partial charge in [0.1, 0.15) is 11.6 Å². The van der Waals surface area contributed by atoms with Crippen LogP contribution in [0.3, 0.4) is 0 Å². The average Bonchev–Trinajstić information content (AvgIpc) is 2.57. The highest BCUT2D eigenvalue weighted by atomic mass is 19.3. The number of rotatable bonds is 6. The molecule has 3 nitrogen and oxygen atoms in total. The van der Waals surface area contributed by atoms with Gasteiger partial charge in [0, 0.05) is 19.2 Å². The van der Waals surface area contributed by atoms with Crippen LogP contribution in [0, 0.1) is 19.3 Å². The third kappa shape index (κ3) is 4.78. The topological polar surface area (TPSA) is 36.3 Å². The van der Waals surface area contributed by atoms with Crippen molar-refractivity contribution < 1.29 is 13.5 Å². The number of ether oxygens (including phenoxy) is 1. The summed E-state index contributed by atoms with van der Waals surface area (Å²) in [5.41, 5.74) is 5.24. The summed E-state index contributed by atoms with van der Waals surface area (Å²) >= 11 is 0. The molecule has 0 aliphatic heterocycles. The molecule has 0 aromatic heterocycles. The fourth-order valence-electron chi connectivity index (χ4n) is 2.74. The van der Waals surface area contributed by atoms with Gasteiger partial charge in [0.25, 0.3) is 0 Å². The van der Waals surface area contributed by atoms with Crippen LogP contribution in [0.2, 0.25) is 0 Å². The van der Waals surface area contributed by atoms with Crippen molar-refractivity contribution in [3.63, 3.8) is 0 Å². The van der Waals surface area contributed by atoms with E-state index in [1.54, 1.807) is 24.3 Å². The van der Waals surface area contributed by atoms with Crippen molar-refractivity contribution in [2.24, 2.45) is 0 Å². The maximum Gasteiger partial charge on any atom is 0.387 e. The van der Waals surface area contributed by atoms with Gasteiger partial charge in [-0.3, -0.25) is 5.41 Å². The molecule has 0 unspecified atom stereocenters. The summed E-state index contributed by atoms with van der Waals surface area (Å²) in [5, 5.41) is 8.38. The number of nitrogens with one attached hydrogen (secondary N) is 1. The molecule has 2 rings (SSSR count). The molecule has 1 N–H and O–H groups in total. The fraction of sp³-hybridized carbons (Fsp3) is 0.350. The number of hydrogen-bond donors (Lipinski definition) is 1. The SMILES string of the molecule is CCN(C)C(=N)c1cc(C)cc(Cc2ccc(OC(F)F)cc2)c1C. The molecule has 0 fully saturated rings. The third-order valence-electron chi connectivity index (χ3n) is 4.31. The molecule has 0 saturated heterocycles. The molecule has 0 saturated carbocycles. The zero-order valence-electron chi connectivity index (χ0n) is 15.1. The summed E-state index contributed by atoms with van der Waals surface area (Å²) in [5.74, 6) is 0.664. The summed E-state index contributed by atoms with van der Waals surface area (Å²) in [4.78, 5) is 1.90. The summed E-state index contributed by atoms with van der Waals surface area (Å²) < 4.78 is 28.9. The lowest BCUT2D eigenvalue weighted by Gasteiger charge is -2.21. The van der Waals surface area contributed by atoms with E-state index in [0.717, 1.165) is 34.4 Å². The Labute approximate surface area is 147 Å². The van der Waals surface area contributed by atoms with Gasteiger partial charge < -0.3 is 9.64 Å². The molecule has 0 atom stereocenters. The molecule has 2 aromatic carbocycles. The van der Waals surface area contributed by atoms with E-state index >= 15 is 0 Å². The first-order chi connectivity index (χ1) is 11.8. The van der Waals surface area contributed by atoms with Crippen LogP contribution in [0.1, 0.15) is 34.7 Å². The Morgan fingerprint density at radius 2 is 1.80 bits per heavy atom. The normalized spacial score (nSPS) is 10.8. The number of nitrogens with zero attached hydrogens (tertiary/aromatic N) is 1. The number of aryl methyl sites for hydroxylation is 1. The molecular formula is C20H24F2N2O. The lowest BCUT2D eigenvalue weighted by atomic mass is 9.93. The van der Waals surface area contributed by atoms with Crippen molar-refractivity contribution in [2.45, 2.75) is 33.8 Å². The number of amidine groups is 1. The Kier molecular flexibility index (Phi) is 6.12. The molecule has 25 heavy (non-hydrogen) atoms. The van der Waals surface area contributed by atoms with E-state index in [2.05, 4.69) is 10.8 Å². The Morgan fingerprint density at radius 1 is 1.16 bits per heavy atom. The Morgan fingerprint density at radius 3 is 2.36 bits per heavy atom. The maximum atomic E-state index is 12.2. The van der Waals surface area contributed by atoms with Gasteiger partial charge in [-0.1, -0.05) is 23.8 Å². The van der Waals surface area contributed by atoms with Crippen LogP contribution < -0.4 is 4.74 Å². The highest BCUT2D eigenvalue weighted by Crippen LogP contribution is 2.23. The number of benzene rings is 2. The van der Waals surface area contributed by atoms with Gasteiger partial charge in [0.2, 0.25) is 0 Å². The van der Waals surface area contributed by atoms with Crippen molar-refractivity contribution in [2.75, 3.05) is 13.6 Å². The minimum Gasteiger partial charge on any atom is -0.435 e. The smallest absolute Gasteiger partial charge is 0.387 e. The predicted octanol–water partition coefficient (Wildman–Crippen LogP) is 4.77. The van der Waals surface area contributed by atoms with Crippen LogP contribution in [0.5, 0.6) is 5.75 Å². The van der Waals surface area contributed by atoms with Crippen LogP contribution >= 0.6 is 0 Å². The fourth-order valence-corrected chi connectivity index (χ4v) is 2.74. The summed E-state index contributed by atoms with van der Waals surface area (Å²) in [7, 11) is 1.91. The first-order valence-electron chi connectivity index (χ1n) is 8.25. The zero-order valence-corrected chi connectivity index (χ0v) is 15.1. The maximum absolute atomic E-state index is 12.2. The zero-order chi connectivity index (χ0) is 18.6.